The van der Waals surface area contributed by atoms with Gasteiger partial charge >= 0.3 is 0 Å². The van der Waals surface area contributed by atoms with E-state index in [9.17, 15) is 0 Å². The molecule has 2 N–H and O–H groups in total. The van der Waals surface area contributed by atoms with Crippen molar-refractivity contribution < 1.29 is 0 Å². The molecule has 0 aliphatic rings. The van der Waals surface area contributed by atoms with Crippen molar-refractivity contribution in [2.24, 2.45) is 5.73 Å². The van der Waals surface area contributed by atoms with Gasteiger partial charge in [0.25, 0.3) is 0 Å². The Morgan fingerprint density at radius 3 is 2.46 bits per heavy atom. The zero-order valence-corrected chi connectivity index (χ0v) is 15.9. The number of hydrogen-bond acceptors (Lipinski definition) is 4. The van der Waals surface area contributed by atoms with Crippen molar-refractivity contribution >= 4 is 0 Å². The first kappa shape index (κ1) is 18.1. The van der Waals surface area contributed by atoms with Crippen LogP contribution in [0.3, 0.4) is 0 Å². The van der Waals surface area contributed by atoms with Gasteiger partial charge in [-0.2, -0.15) is 0 Å². The maximum absolute atomic E-state index is 6.52. The highest BCUT2D eigenvalue weighted by atomic mass is 15.1. The monoisotopic (exact) mass is 372 g/mol. The zero-order valence-electron chi connectivity index (χ0n) is 15.9. The minimum Gasteiger partial charge on any atom is -0.327 e. The van der Waals surface area contributed by atoms with Crippen LogP contribution < -0.4 is 5.73 Å². The summed E-state index contributed by atoms with van der Waals surface area (Å²) in [5, 5.41) is 0. The number of hydrogen-bond donors (Lipinski definition) is 1. The highest BCUT2D eigenvalue weighted by molar-refractivity contribution is 5.61. The largest absolute Gasteiger partial charge is 0.327 e. The SMILES string of the molecule is CCCn1c(-c2ccc(-n3ccnc3)cc2)cnc1[C@@H](N)Cc1ccncc1. The molecule has 0 radical (unpaired) electrons. The van der Waals surface area contributed by atoms with Gasteiger partial charge in [-0.3, -0.25) is 4.98 Å². The minimum absolute atomic E-state index is 0.159. The summed E-state index contributed by atoms with van der Waals surface area (Å²) in [6.07, 6.45) is 12.8. The van der Waals surface area contributed by atoms with Crippen molar-refractivity contribution in [3.63, 3.8) is 0 Å². The summed E-state index contributed by atoms with van der Waals surface area (Å²) < 4.78 is 4.24. The summed E-state index contributed by atoms with van der Waals surface area (Å²) in [7, 11) is 0. The summed E-state index contributed by atoms with van der Waals surface area (Å²) in [6.45, 7) is 3.06. The van der Waals surface area contributed by atoms with Crippen LogP contribution in [0.2, 0.25) is 0 Å². The number of rotatable bonds is 7. The molecule has 0 aliphatic carbocycles. The molecule has 142 valence electrons. The van der Waals surface area contributed by atoms with Crippen molar-refractivity contribution in [1.82, 2.24) is 24.1 Å². The average molecular weight is 372 g/mol. The standard InChI is InChI=1S/C22H24N6/c1-2-12-28-21(18-3-5-19(6-4-18)27-13-11-25-16-27)15-26-22(28)20(23)14-17-7-9-24-10-8-17/h3-11,13,15-16,20H,2,12,14,23H2,1H3/t20-/m0/s1. The molecule has 0 saturated carbocycles. The number of pyridine rings is 1. The number of aromatic nitrogens is 5. The van der Waals surface area contributed by atoms with E-state index in [4.69, 9.17) is 5.73 Å². The van der Waals surface area contributed by atoms with Crippen LogP contribution in [0.15, 0.2) is 73.7 Å². The van der Waals surface area contributed by atoms with Gasteiger partial charge in [-0.1, -0.05) is 19.1 Å². The molecule has 4 rings (SSSR count). The first-order chi connectivity index (χ1) is 13.8. The lowest BCUT2D eigenvalue weighted by Crippen LogP contribution is -2.19. The van der Waals surface area contributed by atoms with Crippen LogP contribution in [0.1, 0.15) is 30.8 Å². The molecule has 6 heteroatoms. The van der Waals surface area contributed by atoms with Crippen molar-refractivity contribution in [2.45, 2.75) is 32.4 Å². The fourth-order valence-corrected chi connectivity index (χ4v) is 3.46. The van der Waals surface area contributed by atoms with E-state index < -0.39 is 0 Å². The van der Waals surface area contributed by atoms with E-state index in [1.165, 1.54) is 5.56 Å². The Morgan fingerprint density at radius 1 is 1.00 bits per heavy atom. The predicted molar refractivity (Wildman–Crippen MR) is 110 cm³/mol. The van der Waals surface area contributed by atoms with Gasteiger partial charge in [0.2, 0.25) is 0 Å². The third kappa shape index (κ3) is 3.73. The van der Waals surface area contributed by atoms with Crippen molar-refractivity contribution in [3.05, 3.63) is 85.1 Å². The first-order valence-corrected chi connectivity index (χ1v) is 9.55. The van der Waals surface area contributed by atoms with Crippen molar-refractivity contribution in [3.8, 4) is 16.9 Å². The molecule has 0 saturated heterocycles. The van der Waals surface area contributed by atoms with Crippen LogP contribution in [0.25, 0.3) is 16.9 Å². The molecule has 0 fully saturated rings. The Labute approximate surface area is 164 Å². The predicted octanol–water partition coefficient (Wildman–Crippen LogP) is 3.78. The van der Waals surface area contributed by atoms with Gasteiger partial charge in [-0.05, 0) is 48.2 Å². The summed E-state index contributed by atoms with van der Waals surface area (Å²) in [5.41, 5.74) is 11.0. The van der Waals surface area contributed by atoms with Crippen LogP contribution in [-0.2, 0) is 13.0 Å². The second kappa shape index (κ2) is 8.19. The van der Waals surface area contributed by atoms with E-state index in [-0.39, 0.29) is 6.04 Å². The van der Waals surface area contributed by atoms with Gasteiger partial charge in [0.05, 0.1) is 24.3 Å². The second-order valence-corrected chi connectivity index (χ2v) is 6.84. The zero-order chi connectivity index (χ0) is 19.3. The summed E-state index contributed by atoms with van der Waals surface area (Å²) in [5.74, 6) is 0.923. The van der Waals surface area contributed by atoms with Crippen LogP contribution in [-0.4, -0.2) is 24.1 Å². The third-order valence-corrected chi connectivity index (χ3v) is 4.84. The number of nitrogens with two attached hydrogens (primary N) is 1. The van der Waals surface area contributed by atoms with Crippen LogP contribution in [0, 0.1) is 0 Å². The molecule has 3 aromatic heterocycles. The van der Waals surface area contributed by atoms with Crippen molar-refractivity contribution in [2.75, 3.05) is 0 Å². The van der Waals surface area contributed by atoms with Gasteiger partial charge in [-0.15, -0.1) is 0 Å². The molecule has 0 bridgehead atoms. The summed E-state index contributed by atoms with van der Waals surface area (Å²) in [6, 6.07) is 12.3. The van der Waals surface area contributed by atoms with Gasteiger partial charge in [0.1, 0.15) is 5.82 Å². The molecular formula is C22H24N6. The molecule has 3 heterocycles. The molecule has 4 aromatic rings. The lowest BCUT2D eigenvalue weighted by atomic mass is 10.1. The molecule has 0 unspecified atom stereocenters. The number of nitrogens with zero attached hydrogens (tertiary/aromatic N) is 5. The normalized spacial score (nSPS) is 12.2. The fraction of sp³-hybridized carbons (Fsp3) is 0.227. The van der Waals surface area contributed by atoms with Crippen LogP contribution in [0.4, 0.5) is 0 Å². The molecule has 6 nitrogen and oxygen atoms in total. The molecular weight excluding hydrogens is 348 g/mol. The fourth-order valence-electron chi connectivity index (χ4n) is 3.46. The Morgan fingerprint density at radius 2 is 1.79 bits per heavy atom. The summed E-state index contributed by atoms with van der Waals surface area (Å²) >= 11 is 0. The van der Waals surface area contributed by atoms with Gasteiger partial charge in [-0.25, -0.2) is 9.97 Å². The highest BCUT2D eigenvalue weighted by Crippen LogP contribution is 2.26. The van der Waals surface area contributed by atoms with E-state index in [1.54, 1.807) is 24.9 Å². The van der Waals surface area contributed by atoms with Crippen molar-refractivity contribution in [1.29, 1.82) is 0 Å². The molecule has 0 spiro atoms. The van der Waals surface area contributed by atoms with E-state index in [1.807, 2.05) is 29.1 Å². The van der Waals surface area contributed by atoms with Gasteiger partial charge < -0.3 is 14.9 Å². The topological polar surface area (TPSA) is 74.5 Å². The Hall–Kier alpha value is -3.25. The molecule has 28 heavy (non-hydrogen) atoms. The maximum Gasteiger partial charge on any atom is 0.126 e. The second-order valence-electron chi connectivity index (χ2n) is 6.84. The van der Waals surface area contributed by atoms with Crippen LogP contribution >= 0.6 is 0 Å². The van der Waals surface area contributed by atoms with Crippen LogP contribution in [0.5, 0.6) is 0 Å². The molecule has 1 atom stereocenters. The first-order valence-electron chi connectivity index (χ1n) is 9.55. The number of benzene rings is 1. The minimum atomic E-state index is -0.159. The lowest BCUT2D eigenvalue weighted by Gasteiger charge is -2.16. The van der Waals surface area contributed by atoms with E-state index in [2.05, 4.69) is 50.7 Å². The molecule has 0 amide bonds. The molecule has 0 aliphatic heterocycles. The summed E-state index contributed by atoms with van der Waals surface area (Å²) in [4.78, 5) is 12.9. The van der Waals surface area contributed by atoms with Gasteiger partial charge in [0.15, 0.2) is 0 Å². The number of imidazole rings is 2. The average Bonchev–Trinajstić information content (AvgIpc) is 3.40. The Kier molecular flexibility index (Phi) is 5.30. The third-order valence-electron chi connectivity index (χ3n) is 4.84. The van der Waals surface area contributed by atoms with E-state index in [0.717, 1.165) is 42.2 Å². The quantitative estimate of drug-likeness (QED) is 0.536. The highest BCUT2D eigenvalue weighted by Gasteiger charge is 2.17. The Bertz CT molecular complexity index is 1000. The van der Waals surface area contributed by atoms with Gasteiger partial charge in [0, 0.05) is 37.0 Å². The van der Waals surface area contributed by atoms with E-state index >= 15 is 0 Å². The lowest BCUT2D eigenvalue weighted by molar-refractivity contribution is 0.577. The maximum atomic E-state index is 6.52. The molecule has 1 aromatic carbocycles. The smallest absolute Gasteiger partial charge is 0.126 e. The van der Waals surface area contributed by atoms with E-state index in [0.29, 0.717) is 0 Å². The Balaban J connectivity index is 1.62.